The molecule has 2 rings (SSSR count). The zero-order valence-electron chi connectivity index (χ0n) is 16.0. The number of aliphatic imine (C=N–C) groups is 1. The van der Waals surface area contributed by atoms with Crippen molar-refractivity contribution in [1.29, 1.82) is 0 Å². The normalized spacial score (nSPS) is 12.1. The Balaban J connectivity index is 1.91. The first kappa shape index (κ1) is 20.5. The molecule has 2 aromatic rings. The van der Waals surface area contributed by atoms with Gasteiger partial charge in [-0.15, -0.1) is 17.8 Å². The molecular formula is C21H26N4OS. The van der Waals surface area contributed by atoms with E-state index in [-0.39, 0.29) is 18.5 Å². The summed E-state index contributed by atoms with van der Waals surface area (Å²) in [7, 11) is 0. The fourth-order valence-electron chi connectivity index (χ4n) is 2.54. The molecule has 142 valence electrons. The number of nitrogens with zero attached hydrogens (tertiary/aromatic N) is 1. The van der Waals surface area contributed by atoms with E-state index < -0.39 is 0 Å². The number of terminal acetylenes is 1. The highest BCUT2D eigenvalue weighted by atomic mass is 32.1. The van der Waals surface area contributed by atoms with Crippen molar-refractivity contribution < 1.29 is 4.79 Å². The van der Waals surface area contributed by atoms with Gasteiger partial charge in [0.1, 0.15) is 6.54 Å². The summed E-state index contributed by atoms with van der Waals surface area (Å²) < 4.78 is 0. The Morgan fingerprint density at radius 2 is 2.15 bits per heavy atom. The summed E-state index contributed by atoms with van der Waals surface area (Å²) >= 11 is 1.80. The van der Waals surface area contributed by atoms with Gasteiger partial charge in [-0.3, -0.25) is 4.79 Å². The molecule has 0 aliphatic heterocycles. The molecule has 1 aromatic heterocycles. The summed E-state index contributed by atoms with van der Waals surface area (Å²) in [5.74, 6) is 2.99. The van der Waals surface area contributed by atoms with Crippen LogP contribution < -0.4 is 16.0 Å². The molecule has 0 fully saturated rings. The van der Waals surface area contributed by atoms with Crippen molar-refractivity contribution in [3.05, 3.63) is 51.7 Å². The van der Waals surface area contributed by atoms with E-state index in [1.807, 2.05) is 19.1 Å². The van der Waals surface area contributed by atoms with Crippen molar-refractivity contribution in [2.24, 2.45) is 4.99 Å². The third-order valence-electron chi connectivity index (χ3n) is 3.72. The van der Waals surface area contributed by atoms with Crippen molar-refractivity contribution in [2.75, 3.05) is 18.4 Å². The lowest BCUT2D eigenvalue weighted by Gasteiger charge is -2.17. The number of hydrogen-bond acceptors (Lipinski definition) is 3. The van der Waals surface area contributed by atoms with Gasteiger partial charge >= 0.3 is 0 Å². The van der Waals surface area contributed by atoms with E-state index in [4.69, 9.17) is 6.42 Å². The van der Waals surface area contributed by atoms with E-state index in [1.54, 1.807) is 23.5 Å². The van der Waals surface area contributed by atoms with Gasteiger partial charge in [-0.05, 0) is 51.1 Å². The fraction of sp³-hybridized carbons (Fsp3) is 0.333. The number of amides is 1. The Bertz CT molecular complexity index is 835. The van der Waals surface area contributed by atoms with Crippen molar-refractivity contribution in [2.45, 2.75) is 33.2 Å². The second-order valence-corrected chi connectivity index (χ2v) is 7.60. The summed E-state index contributed by atoms with van der Waals surface area (Å²) in [4.78, 5) is 19.2. The standard InChI is InChI=1S/C21H26N4OS/c1-5-17-8-7-9-18(13-17)25-20(26)14-23-21(22-6-2)24-15(3)12-19-11-10-16(4)27-19/h1,7-11,13,15H,6,12,14H2,2-4H3,(H,25,26)(H2,22,23,24). The van der Waals surface area contributed by atoms with Crippen molar-refractivity contribution in [3.8, 4) is 12.3 Å². The molecule has 6 heteroatoms. The molecule has 0 aliphatic carbocycles. The molecule has 0 bridgehead atoms. The predicted molar refractivity (Wildman–Crippen MR) is 114 cm³/mol. The van der Waals surface area contributed by atoms with E-state index in [9.17, 15) is 4.79 Å². The first-order valence-corrected chi connectivity index (χ1v) is 9.78. The highest BCUT2D eigenvalue weighted by Gasteiger charge is 2.09. The number of anilines is 1. The summed E-state index contributed by atoms with van der Waals surface area (Å²) in [5, 5.41) is 9.34. The second-order valence-electron chi connectivity index (χ2n) is 6.23. The van der Waals surface area contributed by atoms with Crippen LogP contribution in [-0.2, 0) is 11.2 Å². The topological polar surface area (TPSA) is 65.5 Å². The van der Waals surface area contributed by atoms with Crippen LogP contribution in [0.5, 0.6) is 0 Å². The van der Waals surface area contributed by atoms with E-state index in [0.29, 0.717) is 11.6 Å². The van der Waals surface area contributed by atoms with Crippen LogP contribution in [0.15, 0.2) is 41.4 Å². The summed E-state index contributed by atoms with van der Waals surface area (Å²) in [5.41, 5.74) is 1.40. The highest BCUT2D eigenvalue weighted by molar-refractivity contribution is 7.11. The molecule has 1 aromatic carbocycles. The summed E-state index contributed by atoms with van der Waals surface area (Å²) in [6.07, 6.45) is 6.29. The van der Waals surface area contributed by atoms with E-state index in [2.05, 4.69) is 52.8 Å². The minimum Gasteiger partial charge on any atom is -0.357 e. The molecule has 0 saturated heterocycles. The maximum atomic E-state index is 12.2. The molecule has 3 N–H and O–H groups in total. The number of carbonyl (C=O) groups excluding carboxylic acids is 1. The molecule has 1 amide bonds. The molecule has 1 unspecified atom stereocenters. The molecule has 5 nitrogen and oxygen atoms in total. The first-order valence-electron chi connectivity index (χ1n) is 8.96. The maximum Gasteiger partial charge on any atom is 0.246 e. The highest BCUT2D eigenvalue weighted by Crippen LogP contribution is 2.16. The Hall–Kier alpha value is -2.78. The number of nitrogens with one attached hydrogen (secondary N) is 3. The van der Waals surface area contributed by atoms with Crippen molar-refractivity contribution in [1.82, 2.24) is 10.6 Å². The molecule has 0 aliphatic rings. The van der Waals surface area contributed by atoms with Crippen LogP contribution in [0.25, 0.3) is 0 Å². The van der Waals surface area contributed by atoms with Crippen LogP contribution in [0.4, 0.5) is 5.69 Å². The number of rotatable bonds is 7. The average molecular weight is 383 g/mol. The second kappa shape index (κ2) is 10.4. The first-order chi connectivity index (χ1) is 13.0. The Kier molecular flexibility index (Phi) is 7.90. The number of hydrogen-bond donors (Lipinski definition) is 3. The van der Waals surface area contributed by atoms with Gasteiger partial charge in [0.2, 0.25) is 5.91 Å². The molecule has 27 heavy (non-hydrogen) atoms. The van der Waals surface area contributed by atoms with Gasteiger partial charge in [0.15, 0.2) is 5.96 Å². The van der Waals surface area contributed by atoms with Gasteiger partial charge < -0.3 is 16.0 Å². The number of carbonyl (C=O) groups is 1. The third-order valence-corrected chi connectivity index (χ3v) is 4.75. The molecule has 1 heterocycles. The molecule has 0 saturated carbocycles. The predicted octanol–water partition coefficient (Wildman–Crippen LogP) is 3.16. The van der Waals surface area contributed by atoms with Gasteiger partial charge in [0, 0.05) is 40.0 Å². The Labute approximate surface area is 165 Å². The zero-order chi connectivity index (χ0) is 19.6. The van der Waals surface area contributed by atoms with Crippen LogP contribution in [0.3, 0.4) is 0 Å². The zero-order valence-corrected chi connectivity index (χ0v) is 16.8. The largest absolute Gasteiger partial charge is 0.357 e. The van der Waals surface area contributed by atoms with Gasteiger partial charge in [-0.2, -0.15) is 0 Å². The van der Waals surface area contributed by atoms with E-state index in [0.717, 1.165) is 18.5 Å². The minimum atomic E-state index is -0.192. The third kappa shape index (κ3) is 7.16. The van der Waals surface area contributed by atoms with E-state index >= 15 is 0 Å². The number of aryl methyl sites for hydroxylation is 1. The maximum absolute atomic E-state index is 12.2. The number of guanidine groups is 1. The monoisotopic (exact) mass is 382 g/mol. The van der Waals surface area contributed by atoms with Crippen molar-refractivity contribution >= 4 is 28.9 Å². The Morgan fingerprint density at radius 3 is 2.81 bits per heavy atom. The van der Waals surface area contributed by atoms with E-state index in [1.165, 1.54) is 9.75 Å². The lowest BCUT2D eigenvalue weighted by molar-refractivity contribution is -0.114. The SMILES string of the molecule is C#Cc1cccc(NC(=O)CN=C(NCC)NC(C)Cc2ccc(C)s2)c1. The van der Waals surface area contributed by atoms with Gasteiger partial charge in [-0.1, -0.05) is 12.0 Å². The molecule has 1 atom stereocenters. The van der Waals surface area contributed by atoms with Crippen molar-refractivity contribution in [3.63, 3.8) is 0 Å². The smallest absolute Gasteiger partial charge is 0.246 e. The quantitative estimate of drug-likeness (QED) is 0.391. The minimum absolute atomic E-state index is 0.0282. The number of benzene rings is 1. The van der Waals surface area contributed by atoms with Crippen LogP contribution in [0.1, 0.15) is 29.2 Å². The van der Waals surface area contributed by atoms with Crippen LogP contribution in [0.2, 0.25) is 0 Å². The number of thiophene rings is 1. The summed E-state index contributed by atoms with van der Waals surface area (Å²) in [6, 6.07) is 11.7. The van der Waals surface area contributed by atoms with Crippen LogP contribution in [0, 0.1) is 19.3 Å². The summed E-state index contributed by atoms with van der Waals surface area (Å²) in [6.45, 7) is 6.96. The van der Waals surface area contributed by atoms with Crippen LogP contribution >= 0.6 is 11.3 Å². The lowest BCUT2D eigenvalue weighted by Crippen LogP contribution is -2.43. The van der Waals surface area contributed by atoms with Crippen LogP contribution in [-0.4, -0.2) is 31.0 Å². The molecular weight excluding hydrogens is 356 g/mol. The molecule has 0 spiro atoms. The molecule has 0 radical (unpaired) electrons. The average Bonchev–Trinajstić information content (AvgIpc) is 3.04. The van der Waals surface area contributed by atoms with Gasteiger partial charge in [0.25, 0.3) is 0 Å². The Morgan fingerprint density at radius 1 is 1.33 bits per heavy atom. The lowest BCUT2D eigenvalue weighted by atomic mass is 10.2. The van der Waals surface area contributed by atoms with Gasteiger partial charge in [0.05, 0.1) is 0 Å². The fourth-order valence-corrected chi connectivity index (χ4v) is 3.56. The van der Waals surface area contributed by atoms with Gasteiger partial charge in [-0.25, -0.2) is 4.99 Å².